The fraction of sp³-hybridized carbons (Fsp3) is 0.765. The highest BCUT2D eigenvalue weighted by Crippen LogP contribution is 2.53. The van der Waals surface area contributed by atoms with Gasteiger partial charge in [0.15, 0.2) is 0 Å². The Labute approximate surface area is 125 Å². The molecule has 3 atom stereocenters. The second kappa shape index (κ2) is 4.31. The summed E-state index contributed by atoms with van der Waals surface area (Å²) in [5.74, 6) is 1.51. The first-order valence-electron chi connectivity index (χ1n) is 8.46. The van der Waals surface area contributed by atoms with Gasteiger partial charge in [-0.2, -0.15) is 0 Å². The summed E-state index contributed by atoms with van der Waals surface area (Å²) in [5, 5.41) is 2.33. The molecule has 5 heterocycles. The third kappa shape index (κ3) is 1.52. The van der Waals surface area contributed by atoms with Crippen molar-refractivity contribution in [2.75, 3.05) is 19.6 Å². The Bertz CT molecular complexity index is 519. The molecule has 1 spiro atoms. The predicted molar refractivity (Wildman–Crippen MR) is 80.4 cm³/mol. The number of thiophene rings is 1. The van der Waals surface area contributed by atoms with Crippen LogP contribution in [0.2, 0.25) is 0 Å². The van der Waals surface area contributed by atoms with E-state index >= 15 is 0 Å². The SMILES string of the molecule is c1cc2c(s1)[C@H]1CCCC[C@@H]1O[C@]21C[NH+]2CCC1CC2. The van der Waals surface area contributed by atoms with Crippen LogP contribution in [0.4, 0.5) is 0 Å². The van der Waals surface area contributed by atoms with Gasteiger partial charge in [-0.05, 0) is 24.3 Å². The van der Waals surface area contributed by atoms with Gasteiger partial charge < -0.3 is 9.64 Å². The zero-order valence-corrected chi connectivity index (χ0v) is 12.9. The highest BCUT2D eigenvalue weighted by atomic mass is 32.1. The van der Waals surface area contributed by atoms with Gasteiger partial charge in [-0.25, -0.2) is 0 Å². The van der Waals surface area contributed by atoms with E-state index in [2.05, 4.69) is 11.4 Å². The van der Waals surface area contributed by atoms with Crippen LogP contribution >= 0.6 is 11.3 Å². The summed E-state index contributed by atoms with van der Waals surface area (Å²) < 4.78 is 6.92. The molecule has 0 amide bonds. The lowest BCUT2D eigenvalue weighted by molar-refractivity contribution is -0.927. The Morgan fingerprint density at radius 3 is 2.80 bits per heavy atom. The second-order valence-electron chi connectivity index (χ2n) is 7.34. The van der Waals surface area contributed by atoms with Crippen molar-refractivity contribution in [3.63, 3.8) is 0 Å². The minimum Gasteiger partial charge on any atom is -0.360 e. The van der Waals surface area contributed by atoms with Crippen LogP contribution in [-0.4, -0.2) is 25.7 Å². The molecule has 2 bridgehead atoms. The monoisotopic (exact) mass is 290 g/mol. The van der Waals surface area contributed by atoms with Crippen LogP contribution in [-0.2, 0) is 10.3 Å². The number of ether oxygens (including phenoxy) is 1. The van der Waals surface area contributed by atoms with Gasteiger partial charge in [0, 0.05) is 35.1 Å². The topological polar surface area (TPSA) is 13.7 Å². The van der Waals surface area contributed by atoms with Gasteiger partial charge in [0.1, 0.15) is 12.1 Å². The van der Waals surface area contributed by atoms with Gasteiger partial charge in [0.2, 0.25) is 0 Å². The van der Waals surface area contributed by atoms with Crippen molar-refractivity contribution < 1.29 is 9.64 Å². The molecule has 20 heavy (non-hydrogen) atoms. The number of nitrogens with one attached hydrogen (secondary N) is 1. The van der Waals surface area contributed by atoms with Crippen molar-refractivity contribution in [1.82, 2.24) is 0 Å². The number of rotatable bonds is 0. The van der Waals surface area contributed by atoms with Crippen LogP contribution in [0.5, 0.6) is 0 Å². The summed E-state index contributed by atoms with van der Waals surface area (Å²) in [6.07, 6.45) is 8.70. The standard InChI is InChI=1S/C17H23NOS/c1-2-4-15-13(3-1)16-14(7-10-20-16)17(19-15)11-18-8-5-12(17)6-9-18/h7,10,12-13,15H,1-6,8-9,11H2/p+1/t13-,15-,17-/m0/s1. The molecule has 4 aliphatic heterocycles. The minimum atomic E-state index is 0.0969. The largest absolute Gasteiger partial charge is 0.360 e. The molecule has 6 rings (SSSR count). The predicted octanol–water partition coefficient (Wildman–Crippen LogP) is 2.31. The van der Waals surface area contributed by atoms with Crippen LogP contribution < -0.4 is 4.90 Å². The average molecular weight is 290 g/mol. The number of piperidine rings is 3. The molecular weight excluding hydrogens is 266 g/mol. The number of hydrogen-bond donors (Lipinski definition) is 1. The van der Waals surface area contributed by atoms with Crippen LogP contribution in [0, 0.1) is 5.92 Å². The summed E-state index contributed by atoms with van der Waals surface area (Å²) in [7, 11) is 0. The van der Waals surface area contributed by atoms with E-state index in [1.165, 1.54) is 58.2 Å². The Hall–Kier alpha value is -0.380. The summed E-state index contributed by atoms with van der Waals surface area (Å²) >= 11 is 2.02. The Kier molecular flexibility index (Phi) is 2.63. The summed E-state index contributed by atoms with van der Waals surface area (Å²) in [6, 6.07) is 2.41. The molecule has 1 aliphatic carbocycles. The Balaban J connectivity index is 1.63. The zero-order valence-electron chi connectivity index (χ0n) is 12.1. The van der Waals surface area contributed by atoms with Crippen LogP contribution in [0.25, 0.3) is 0 Å². The first-order chi connectivity index (χ1) is 9.87. The summed E-state index contributed by atoms with van der Waals surface area (Å²) in [4.78, 5) is 3.49. The van der Waals surface area contributed by atoms with Gasteiger partial charge >= 0.3 is 0 Å². The molecule has 3 saturated heterocycles. The lowest BCUT2D eigenvalue weighted by atomic mass is 9.67. The Morgan fingerprint density at radius 1 is 1.15 bits per heavy atom. The molecule has 1 aromatic heterocycles. The smallest absolute Gasteiger partial charge is 0.146 e. The lowest BCUT2D eigenvalue weighted by Crippen LogP contribution is -3.17. The van der Waals surface area contributed by atoms with Crippen molar-refractivity contribution >= 4 is 11.3 Å². The molecular formula is C17H24NOS+. The van der Waals surface area contributed by atoms with Gasteiger partial charge in [-0.3, -0.25) is 0 Å². The summed E-state index contributed by atoms with van der Waals surface area (Å²) in [5.41, 5.74) is 1.70. The van der Waals surface area contributed by atoms with Gasteiger partial charge in [-0.1, -0.05) is 12.8 Å². The number of hydrogen-bond acceptors (Lipinski definition) is 2. The maximum Gasteiger partial charge on any atom is 0.146 e. The van der Waals surface area contributed by atoms with E-state index in [0.29, 0.717) is 6.10 Å². The number of fused-ring (bicyclic) bond motifs is 5. The van der Waals surface area contributed by atoms with Gasteiger partial charge in [0.05, 0.1) is 19.2 Å². The lowest BCUT2D eigenvalue weighted by Gasteiger charge is -2.55. The van der Waals surface area contributed by atoms with Crippen LogP contribution in [0.1, 0.15) is 54.9 Å². The fourth-order valence-electron chi connectivity index (χ4n) is 5.47. The summed E-state index contributed by atoms with van der Waals surface area (Å²) in [6.45, 7) is 4.00. The van der Waals surface area contributed by atoms with E-state index in [-0.39, 0.29) is 5.60 Å². The number of quaternary nitrogens is 1. The van der Waals surface area contributed by atoms with Crippen LogP contribution in [0.3, 0.4) is 0 Å². The molecule has 0 unspecified atom stereocenters. The van der Waals surface area contributed by atoms with E-state index in [9.17, 15) is 0 Å². The van der Waals surface area contributed by atoms with E-state index in [1.807, 2.05) is 11.3 Å². The first kappa shape index (κ1) is 12.2. The van der Waals surface area contributed by atoms with Crippen molar-refractivity contribution in [3.8, 4) is 0 Å². The Morgan fingerprint density at radius 2 is 2.00 bits per heavy atom. The quantitative estimate of drug-likeness (QED) is 0.774. The average Bonchev–Trinajstić information content (AvgIpc) is 2.99. The highest BCUT2D eigenvalue weighted by molar-refractivity contribution is 7.10. The zero-order chi connectivity index (χ0) is 13.2. The molecule has 2 nitrogen and oxygen atoms in total. The molecule has 0 radical (unpaired) electrons. The maximum absolute atomic E-state index is 6.92. The van der Waals surface area contributed by atoms with Crippen molar-refractivity contribution in [1.29, 1.82) is 0 Å². The van der Waals surface area contributed by atoms with Crippen molar-refractivity contribution in [3.05, 3.63) is 21.9 Å². The van der Waals surface area contributed by atoms with Crippen LogP contribution in [0.15, 0.2) is 11.4 Å². The molecule has 1 aromatic rings. The van der Waals surface area contributed by atoms with E-state index in [1.54, 1.807) is 15.3 Å². The molecule has 4 fully saturated rings. The molecule has 5 aliphatic rings. The molecule has 1 saturated carbocycles. The van der Waals surface area contributed by atoms with E-state index in [0.717, 1.165) is 11.8 Å². The maximum atomic E-state index is 6.92. The fourth-order valence-corrected chi connectivity index (χ4v) is 6.63. The minimum absolute atomic E-state index is 0.0969. The third-order valence-corrected chi connectivity index (χ3v) is 7.47. The molecule has 0 aromatic carbocycles. The second-order valence-corrected chi connectivity index (χ2v) is 8.28. The molecule has 108 valence electrons. The molecule has 1 N–H and O–H groups in total. The van der Waals surface area contributed by atoms with Crippen molar-refractivity contribution in [2.24, 2.45) is 5.92 Å². The van der Waals surface area contributed by atoms with E-state index < -0.39 is 0 Å². The van der Waals surface area contributed by atoms with Gasteiger partial charge in [-0.15, -0.1) is 11.3 Å². The normalized spacial score (nSPS) is 46.2. The third-order valence-electron chi connectivity index (χ3n) is 6.42. The molecule has 3 heteroatoms. The van der Waals surface area contributed by atoms with Crippen molar-refractivity contribution in [2.45, 2.75) is 56.1 Å². The first-order valence-corrected chi connectivity index (χ1v) is 9.34. The highest BCUT2D eigenvalue weighted by Gasteiger charge is 2.57. The van der Waals surface area contributed by atoms with E-state index in [4.69, 9.17) is 4.74 Å². The van der Waals surface area contributed by atoms with Gasteiger partial charge in [0.25, 0.3) is 0 Å².